The molecule has 0 spiro atoms. The van der Waals surface area contributed by atoms with Crippen molar-refractivity contribution in [3.8, 4) is 0 Å². The van der Waals surface area contributed by atoms with E-state index in [4.69, 9.17) is 5.14 Å². The fourth-order valence-electron chi connectivity index (χ4n) is 2.37. The molecule has 2 aromatic carbocycles. The second-order valence-electron chi connectivity index (χ2n) is 5.78. The van der Waals surface area contributed by atoms with Gasteiger partial charge in [-0.2, -0.15) is 13.2 Å². The van der Waals surface area contributed by atoms with Crippen molar-refractivity contribution in [1.29, 1.82) is 0 Å². The molecule has 9 heteroatoms. The highest BCUT2D eigenvalue weighted by atomic mass is 32.2. The number of nitrogens with zero attached hydrogens (tertiary/aromatic N) is 1. The molecule has 0 saturated carbocycles. The number of primary sulfonamides is 1. The van der Waals surface area contributed by atoms with Crippen LogP contribution in [0.2, 0.25) is 0 Å². The predicted octanol–water partition coefficient (Wildman–Crippen LogP) is 3.19. The van der Waals surface area contributed by atoms with E-state index < -0.39 is 33.7 Å². The molecule has 0 unspecified atom stereocenters. The first-order valence-corrected chi connectivity index (χ1v) is 9.03. The van der Waals surface area contributed by atoms with E-state index in [1.165, 1.54) is 48.3 Å². The van der Waals surface area contributed by atoms with Gasteiger partial charge in [0.2, 0.25) is 10.0 Å². The summed E-state index contributed by atoms with van der Waals surface area (Å²) in [6.07, 6.45) is -4.54. The average molecular weight is 386 g/mol. The van der Waals surface area contributed by atoms with E-state index in [1.54, 1.807) is 6.92 Å². The minimum absolute atomic E-state index is 0.0692. The summed E-state index contributed by atoms with van der Waals surface area (Å²) in [5, 5.41) is 5.03. The fourth-order valence-corrected chi connectivity index (χ4v) is 2.88. The largest absolute Gasteiger partial charge is 0.416 e. The Labute approximate surface area is 149 Å². The van der Waals surface area contributed by atoms with Crippen LogP contribution in [0.3, 0.4) is 0 Å². The quantitative estimate of drug-likeness (QED) is 0.876. The van der Waals surface area contributed by atoms with Crippen LogP contribution >= 0.6 is 0 Å². The maximum atomic E-state index is 12.8. The Kier molecular flexibility index (Phi) is 5.43. The summed E-state index contributed by atoms with van der Waals surface area (Å²) in [5.41, 5.74) is -0.377. The van der Waals surface area contributed by atoms with Gasteiger partial charge >= 0.3 is 6.18 Å². The second-order valence-corrected chi connectivity index (χ2v) is 7.35. The minimum atomic E-state index is -4.54. The molecular formula is C17H17F3N2O3S. The number of benzene rings is 2. The van der Waals surface area contributed by atoms with E-state index in [-0.39, 0.29) is 10.5 Å². The van der Waals surface area contributed by atoms with Crippen LogP contribution in [0.5, 0.6) is 0 Å². The molecule has 0 saturated heterocycles. The van der Waals surface area contributed by atoms with Gasteiger partial charge in [0.15, 0.2) is 0 Å². The van der Waals surface area contributed by atoms with Gasteiger partial charge in [0.25, 0.3) is 5.91 Å². The normalized spacial score (nSPS) is 13.3. The second kappa shape index (κ2) is 7.08. The molecule has 2 aromatic rings. The third-order valence-corrected chi connectivity index (χ3v) is 4.96. The van der Waals surface area contributed by atoms with Crippen molar-refractivity contribution >= 4 is 15.9 Å². The fraction of sp³-hybridized carbons (Fsp3) is 0.235. The molecule has 2 N–H and O–H groups in total. The van der Waals surface area contributed by atoms with Crippen LogP contribution in [0.4, 0.5) is 13.2 Å². The number of sulfonamides is 1. The number of carbonyl (C=O) groups excluding carboxylic acids is 1. The molecule has 140 valence electrons. The molecular weight excluding hydrogens is 369 g/mol. The van der Waals surface area contributed by atoms with Crippen molar-refractivity contribution in [2.24, 2.45) is 5.14 Å². The zero-order valence-corrected chi connectivity index (χ0v) is 14.8. The van der Waals surface area contributed by atoms with Gasteiger partial charge in [-0.15, -0.1) is 0 Å². The van der Waals surface area contributed by atoms with E-state index >= 15 is 0 Å². The lowest BCUT2D eigenvalue weighted by molar-refractivity contribution is -0.137. The van der Waals surface area contributed by atoms with Crippen molar-refractivity contribution in [2.75, 3.05) is 7.05 Å². The number of carbonyl (C=O) groups is 1. The van der Waals surface area contributed by atoms with Crippen LogP contribution in [0, 0.1) is 0 Å². The molecule has 0 aliphatic heterocycles. The van der Waals surface area contributed by atoms with Crippen LogP contribution in [-0.4, -0.2) is 26.3 Å². The Morgan fingerprint density at radius 3 is 2.19 bits per heavy atom. The highest BCUT2D eigenvalue weighted by molar-refractivity contribution is 7.89. The van der Waals surface area contributed by atoms with Gasteiger partial charge < -0.3 is 4.90 Å². The van der Waals surface area contributed by atoms with Gasteiger partial charge in [-0.3, -0.25) is 4.79 Å². The molecule has 0 aliphatic rings. The van der Waals surface area contributed by atoms with Crippen LogP contribution < -0.4 is 5.14 Å². The summed E-state index contributed by atoms with van der Waals surface area (Å²) < 4.78 is 61.0. The van der Waals surface area contributed by atoms with Crippen molar-refractivity contribution in [3.05, 3.63) is 65.2 Å². The first kappa shape index (κ1) is 19.9. The number of nitrogens with two attached hydrogens (primary N) is 1. The molecule has 0 radical (unpaired) electrons. The lowest BCUT2D eigenvalue weighted by Gasteiger charge is -2.26. The Balaban J connectivity index is 2.25. The van der Waals surface area contributed by atoms with E-state index in [9.17, 15) is 26.4 Å². The Hall–Kier alpha value is -2.39. The topological polar surface area (TPSA) is 80.5 Å². The number of rotatable bonds is 4. The highest BCUT2D eigenvalue weighted by Crippen LogP contribution is 2.30. The van der Waals surface area contributed by atoms with Gasteiger partial charge in [-0.1, -0.05) is 18.2 Å². The molecule has 0 bridgehead atoms. The van der Waals surface area contributed by atoms with Crippen LogP contribution in [0.25, 0.3) is 0 Å². The predicted molar refractivity (Wildman–Crippen MR) is 89.8 cm³/mol. The monoisotopic (exact) mass is 386 g/mol. The molecule has 26 heavy (non-hydrogen) atoms. The summed E-state index contributed by atoms with van der Waals surface area (Å²) in [5.74, 6) is -0.584. The zero-order chi connectivity index (χ0) is 19.7. The molecule has 2 rings (SSSR count). The molecule has 0 heterocycles. The summed E-state index contributed by atoms with van der Waals surface area (Å²) >= 11 is 0. The number of amides is 1. The average Bonchev–Trinajstić information content (AvgIpc) is 2.58. The number of hydrogen-bond acceptors (Lipinski definition) is 3. The Bertz CT molecular complexity index is 910. The van der Waals surface area contributed by atoms with Crippen molar-refractivity contribution in [2.45, 2.75) is 24.0 Å². The van der Waals surface area contributed by atoms with Crippen molar-refractivity contribution in [3.63, 3.8) is 0 Å². The summed E-state index contributed by atoms with van der Waals surface area (Å²) in [6, 6.07) is 9.31. The SMILES string of the molecule is C[C@H](c1ccc(S(N)(=O)=O)cc1)N(C)C(=O)c1cccc(C(F)(F)F)c1. The smallest absolute Gasteiger partial charge is 0.335 e. The molecule has 0 aromatic heterocycles. The van der Waals surface area contributed by atoms with E-state index in [1.807, 2.05) is 0 Å². The van der Waals surface area contributed by atoms with E-state index in [0.29, 0.717) is 5.56 Å². The van der Waals surface area contributed by atoms with Crippen molar-refractivity contribution in [1.82, 2.24) is 4.90 Å². The molecule has 5 nitrogen and oxygen atoms in total. The van der Waals surface area contributed by atoms with Crippen LogP contribution in [0.15, 0.2) is 53.4 Å². The number of alkyl halides is 3. The third kappa shape index (κ3) is 4.41. The summed E-state index contributed by atoms with van der Waals surface area (Å²) in [6.45, 7) is 1.68. The van der Waals surface area contributed by atoms with E-state index in [2.05, 4.69) is 0 Å². The first-order valence-electron chi connectivity index (χ1n) is 7.48. The lowest BCUT2D eigenvalue weighted by atomic mass is 10.1. The number of halogens is 3. The van der Waals surface area contributed by atoms with Crippen molar-refractivity contribution < 1.29 is 26.4 Å². The van der Waals surface area contributed by atoms with Gasteiger partial charge in [-0.05, 0) is 42.8 Å². The first-order chi connectivity index (χ1) is 11.9. The van der Waals surface area contributed by atoms with Gasteiger partial charge in [0, 0.05) is 12.6 Å². The molecule has 1 amide bonds. The third-order valence-electron chi connectivity index (χ3n) is 4.03. The summed E-state index contributed by atoms with van der Waals surface area (Å²) in [7, 11) is -2.37. The maximum Gasteiger partial charge on any atom is 0.416 e. The van der Waals surface area contributed by atoms with Gasteiger partial charge in [0.1, 0.15) is 0 Å². The highest BCUT2D eigenvalue weighted by Gasteiger charge is 2.31. The van der Waals surface area contributed by atoms with Crippen LogP contribution in [0.1, 0.15) is 34.5 Å². The van der Waals surface area contributed by atoms with Crippen LogP contribution in [-0.2, 0) is 16.2 Å². The number of hydrogen-bond donors (Lipinski definition) is 1. The Morgan fingerprint density at radius 1 is 1.12 bits per heavy atom. The Morgan fingerprint density at radius 2 is 1.69 bits per heavy atom. The van der Waals surface area contributed by atoms with E-state index in [0.717, 1.165) is 12.1 Å². The van der Waals surface area contributed by atoms with Gasteiger partial charge in [-0.25, -0.2) is 13.6 Å². The zero-order valence-electron chi connectivity index (χ0n) is 14.0. The molecule has 0 aliphatic carbocycles. The molecule has 1 atom stereocenters. The standard InChI is InChI=1S/C17H17F3N2O3S/c1-11(12-6-8-15(9-7-12)26(21,24)25)22(2)16(23)13-4-3-5-14(10-13)17(18,19)20/h3-11H,1-2H3,(H2,21,24,25)/t11-/m1/s1. The lowest BCUT2D eigenvalue weighted by Crippen LogP contribution is -2.30. The van der Waals surface area contributed by atoms with Gasteiger partial charge in [0.05, 0.1) is 16.5 Å². The maximum absolute atomic E-state index is 12.8. The molecule has 0 fully saturated rings. The summed E-state index contributed by atoms with van der Waals surface area (Å²) in [4.78, 5) is 13.7. The minimum Gasteiger partial charge on any atom is -0.335 e.